The zero-order valence-electron chi connectivity index (χ0n) is 11.7. The van der Waals surface area contributed by atoms with E-state index in [0.717, 1.165) is 25.7 Å². The third kappa shape index (κ3) is 3.70. The maximum Gasteiger partial charge on any atom is 0.225 e. The summed E-state index contributed by atoms with van der Waals surface area (Å²) in [6.07, 6.45) is 4.37. The minimum atomic E-state index is 0.00950. The standard InChI is InChI=1S/C14H28N2O/c1-5-9(2)11(4)16-14(17)13-10(3)7-6-8-12(13)15/h9-13H,5-8,15H2,1-4H3,(H,16,17). The van der Waals surface area contributed by atoms with Crippen LogP contribution in [0, 0.1) is 17.8 Å². The fraction of sp³-hybridized carbons (Fsp3) is 0.929. The van der Waals surface area contributed by atoms with E-state index in [1.165, 1.54) is 0 Å². The molecular formula is C14H28N2O. The van der Waals surface area contributed by atoms with Crippen LogP contribution in [0.1, 0.15) is 53.4 Å². The van der Waals surface area contributed by atoms with Gasteiger partial charge in [-0.1, -0.05) is 33.6 Å². The van der Waals surface area contributed by atoms with Crippen molar-refractivity contribution in [2.75, 3.05) is 0 Å². The maximum atomic E-state index is 12.3. The first kappa shape index (κ1) is 14.5. The van der Waals surface area contributed by atoms with Crippen molar-refractivity contribution < 1.29 is 4.79 Å². The van der Waals surface area contributed by atoms with Crippen molar-refractivity contribution in [3.8, 4) is 0 Å². The molecule has 1 amide bonds. The third-order valence-electron chi connectivity index (χ3n) is 4.44. The lowest BCUT2D eigenvalue weighted by Crippen LogP contribution is -2.50. The molecular weight excluding hydrogens is 212 g/mol. The van der Waals surface area contributed by atoms with Gasteiger partial charge in [-0.2, -0.15) is 0 Å². The summed E-state index contributed by atoms with van der Waals surface area (Å²) in [5.74, 6) is 1.12. The fourth-order valence-electron chi connectivity index (χ4n) is 2.73. The summed E-state index contributed by atoms with van der Waals surface area (Å²) in [6, 6.07) is 0.289. The van der Waals surface area contributed by atoms with Gasteiger partial charge in [0.2, 0.25) is 5.91 Å². The maximum absolute atomic E-state index is 12.3. The van der Waals surface area contributed by atoms with E-state index in [9.17, 15) is 4.79 Å². The highest BCUT2D eigenvalue weighted by Crippen LogP contribution is 2.29. The number of rotatable bonds is 4. The summed E-state index contributed by atoms with van der Waals surface area (Å²) in [6.45, 7) is 8.57. The van der Waals surface area contributed by atoms with E-state index in [2.05, 4.69) is 33.0 Å². The van der Waals surface area contributed by atoms with Gasteiger partial charge < -0.3 is 11.1 Å². The molecule has 0 heterocycles. The Bertz CT molecular complexity index is 245. The minimum Gasteiger partial charge on any atom is -0.353 e. The Labute approximate surface area is 106 Å². The van der Waals surface area contributed by atoms with E-state index in [4.69, 9.17) is 5.73 Å². The Kier molecular flexibility index (Phi) is 5.44. The number of nitrogens with one attached hydrogen (secondary N) is 1. The molecule has 1 aliphatic carbocycles. The summed E-state index contributed by atoms with van der Waals surface area (Å²) in [5.41, 5.74) is 6.09. The molecule has 3 N–H and O–H groups in total. The van der Waals surface area contributed by atoms with Crippen molar-refractivity contribution in [1.82, 2.24) is 5.32 Å². The number of hydrogen-bond acceptors (Lipinski definition) is 2. The Hall–Kier alpha value is -0.570. The Balaban J connectivity index is 2.56. The predicted molar refractivity (Wildman–Crippen MR) is 71.5 cm³/mol. The second-order valence-corrected chi connectivity index (χ2v) is 5.78. The van der Waals surface area contributed by atoms with Crippen LogP contribution >= 0.6 is 0 Å². The Morgan fingerprint density at radius 1 is 1.41 bits per heavy atom. The number of hydrogen-bond donors (Lipinski definition) is 2. The van der Waals surface area contributed by atoms with Gasteiger partial charge in [-0.15, -0.1) is 0 Å². The molecule has 0 aromatic heterocycles. The molecule has 3 nitrogen and oxygen atoms in total. The average molecular weight is 240 g/mol. The molecule has 1 saturated carbocycles. The SMILES string of the molecule is CCC(C)C(C)NC(=O)C1C(C)CCCC1N. The lowest BCUT2D eigenvalue weighted by atomic mass is 9.76. The quantitative estimate of drug-likeness (QED) is 0.792. The fourth-order valence-corrected chi connectivity index (χ4v) is 2.73. The Morgan fingerprint density at radius 3 is 2.59 bits per heavy atom. The van der Waals surface area contributed by atoms with Crippen molar-refractivity contribution in [2.24, 2.45) is 23.5 Å². The van der Waals surface area contributed by atoms with Crippen LogP contribution in [0.2, 0.25) is 0 Å². The largest absolute Gasteiger partial charge is 0.353 e. The highest BCUT2D eigenvalue weighted by atomic mass is 16.2. The van der Waals surface area contributed by atoms with Gasteiger partial charge in [-0.25, -0.2) is 0 Å². The van der Waals surface area contributed by atoms with Gasteiger partial charge in [0, 0.05) is 12.1 Å². The van der Waals surface area contributed by atoms with E-state index >= 15 is 0 Å². The smallest absolute Gasteiger partial charge is 0.225 e. The second kappa shape index (κ2) is 6.39. The van der Waals surface area contributed by atoms with Crippen molar-refractivity contribution in [1.29, 1.82) is 0 Å². The molecule has 0 saturated heterocycles. The third-order valence-corrected chi connectivity index (χ3v) is 4.44. The van der Waals surface area contributed by atoms with Gasteiger partial charge >= 0.3 is 0 Å². The summed E-state index contributed by atoms with van der Waals surface area (Å²) < 4.78 is 0. The van der Waals surface area contributed by atoms with E-state index in [0.29, 0.717) is 11.8 Å². The molecule has 0 radical (unpaired) electrons. The van der Waals surface area contributed by atoms with Gasteiger partial charge in [0.15, 0.2) is 0 Å². The first-order chi connectivity index (χ1) is 7.97. The lowest BCUT2D eigenvalue weighted by Gasteiger charge is -2.34. The molecule has 17 heavy (non-hydrogen) atoms. The van der Waals surface area contributed by atoms with Gasteiger partial charge in [-0.05, 0) is 31.6 Å². The van der Waals surface area contributed by atoms with Crippen molar-refractivity contribution in [3.63, 3.8) is 0 Å². The van der Waals surface area contributed by atoms with Crippen LogP contribution in [0.4, 0.5) is 0 Å². The van der Waals surface area contributed by atoms with Crippen molar-refractivity contribution in [2.45, 2.75) is 65.5 Å². The molecule has 5 unspecified atom stereocenters. The van der Waals surface area contributed by atoms with E-state index in [1.54, 1.807) is 0 Å². The van der Waals surface area contributed by atoms with E-state index < -0.39 is 0 Å². The number of nitrogens with two attached hydrogens (primary N) is 1. The van der Waals surface area contributed by atoms with E-state index in [1.807, 2.05) is 0 Å². The van der Waals surface area contributed by atoms with E-state index in [-0.39, 0.29) is 23.9 Å². The molecule has 1 rings (SSSR count). The molecule has 5 atom stereocenters. The molecule has 0 spiro atoms. The van der Waals surface area contributed by atoms with Crippen LogP contribution in [0.25, 0.3) is 0 Å². The minimum absolute atomic E-state index is 0.00950. The number of carbonyl (C=O) groups is 1. The van der Waals surface area contributed by atoms with Crippen LogP contribution in [-0.4, -0.2) is 18.0 Å². The molecule has 0 aromatic carbocycles. The Morgan fingerprint density at radius 2 is 2.06 bits per heavy atom. The normalized spacial score (nSPS) is 32.9. The summed E-state index contributed by atoms with van der Waals surface area (Å²) in [7, 11) is 0. The van der Waals surface area contributed by atoms with Gasteiger partial charge in [0.25, 0.3) is 0 Å². The molecule has 0 aromatic rings. The molecule has 3 heteroatoms. The van der Waals surface area contributed by atoms with Crippen molar-refractivity contribution >= 4 is 5.91 Å². The molecule has 100 valence electrons. The predicted octanol–water partition coefficient (Wildman–Crippen LogP) is 2.30. The zero-order valence-corrected chi connectivity index (χ0v) is 11.7. The van der Waals surface area contributed by atoms with Crippen LogP contribution in [0.15, 0.2) is 0 Å². The molecule has 0 aliphatic heterocycles. The zero-order chi connectivity index (χ0) is 13.0. The average Bonchev–Trinajstić information content (AvgIpc) is 2.27. The summed E-state index contributed by atoms with van der Waals surface area (Å²) >= 11 is 0. The van der Waals surface area contributed by atoms with Crippen LogP contribution in [0.5, 0.6) is 0 Å². The number of amides is 1. The number of carbonyl (C=O) groups excluding carboxylic acids is 1. The second-order valence-electron chi connectivity index (χ2n) is 5.78. The highest BCUT2D eigenvalue weighted by molar-refractivity contribution is 5.80. The van der Waals surface area contributed by atoms with Crippen LogP contribution < -0.4 is 11.1 Å². The summed E-state index contributed by atoms with van der Waals surface area (Å²) in [4.78, 5) is 12.3. The topological polar surface area (TPSA) is 55.1 Å². The molecule has 1 fully saturated rings. The van der Waals surface area contributed by atoms with Gasteiger partial charge in [0.1, 0.15) is 0 Å². The molecule has 1 aliphatic rings. The van der Waals surface area contributed by atoms with Gasteiger partial charge in [0.05, 0.1) is 5.92 Å². The monoisotopic (exact) mass is 240 g/mol. The summed E-state index contributed by atoms with van der Waals surface area (Å²) in [5, 5.41) is 3.14. The highest BCUT2D eigenvalue weighted by Gasteiger charge is 2.34. The van der Waals surface area contributed by atoms with Crippen molar-refractivity contribution in [3.05, 3.63) is 0 Å². The lowest BCUT2D eigenvalue weighted by molar-refractivity contribution is -0.129. The molecule has 0 bridgehead atoms. The first-order valence-corrected chi connectivity index (χ1v) is 7.03. The van der Waals surface area contributed by atoms with Gasteiger partial charge in [-0.3, -0.25) is 4.79 Å². The van der Waals surface area contributed by atoms with Crippen LogP contribution in [-0.2, 0) is 4.79 Å². The van der Waals surface area contributed by atoms with Crippen LogP contribution in [0.3, 0.4) is 0 Å². The first-order valence-electron chi connectivity index (χ1n) is 7.03.